The van der Waals surface area contributed by atoms with E-state index >= 15 is 0 Å². The first-order chi connectivity index (χ1) is 11.9. The van der Waals surface area contributed by atoms with Crippen molar-refractivity contribution >= 4 is 29.2 Å². The molecule has 0 heterocycles. The molecule has 0 saturated heterocycles. The summed E-state index contributed by atoms with van der Waals surface area (Å²) in [6, 6.07) is 13.4. The molecule has 0 aliphatic carbocycles. The maximum atomic E-state index is 12.1. The third-order valence-corrected chi connectivity index (χ3v) is 3.06. The number of guanidine groups is 1. The molecule has 130 valence electrons. The predicted octanol–water partition coefficient (Wildman–Crippen LogP) is 1.24. The van der Waals surface area contributed by atoms with E-state index in [-0.39, 0.29) is 18.3 Å². The second kappa shape index (κ2) is 8.34. The molecule has 0 unspecified atom stereocenters. The standard InChI is InChI=1S/C17H18N4O4/c18-17(19)21-13-5-3-12(4-6-13)20-15(22)9-11-1-7-14(8-2-11)25-10-16(23)24/h1-8H,9-10H2,(H,20,22)(H,23,24)(H4,18,19,21). The van der Waals surface area contributed by atoms with Crippen LogP contribution in [0.3, 0.4) is 0 Å². The number of aliphatic imine (C=N–C) groups is 1. The van der Waals surface area contributed by atoms with Crippen LogP contribution in [0.5, 0.6) is 5.75 Å². The molecule has 0 saturated carbocycles. The van der Waals surface area contributed by atoms with Gasteiger partial charge in [0.25, 0.3) is 0 Å². The summed E-state index contributed by atoms with van der Waals surface area (Å²) in [6.07, 6.45) is 0.175. The van der Waals surface area contributed by atoms with Gasteiger partial charge in [0.15, 0.2) is 12.6 Å². The zero-order valence-electron chi connectivity index (χ0n) is 13.3. The maximum Gasteiger partial charge on any atom is 0.341 e. The predicted molar refractivity (Wildman–Crippen MR) is 93.8 cm³/mol. The average molecular weight is 342 g/mol. The molecule has 0 radical (unpaired) electrons. The lowest BCUT2D eigenvalue weighted by Crippen LogP contribution is -2.21. The zero-order valence-corrected chi connectivity index (χ0v) is 13.3. The molecule has 8 heteroatoms. The van der Waals surface area contributed by atoms with Crippen molar-refractivity contribution in [1.29, 1.82) is 0 Å². The Morgan fingerprint density at radius 2 is 1.68 bits per heavy atom. The van der Waals surface area contributed by atoms with Crippen LogP contribution in [0.25, 0.3) is 0 Å². The van der Waals surface area contributed by atoms with Crippen molar-refractivity contribution in [3.63, 3.8) is 0 Å². The Kier molecular flexibility index (Phi) is 5.94. The number of amides is 1. The van der Waals surface area contributed by atoms with E-state index in [0.717, 1.165) is 5.56 Å². The number of nitrogens with two attached hydrogens (primary N) is 2. The summed E-state index contributed by atoms with van der Waals surface area (Å²) in [5.41, 5.74) is 12.6. The summed E-state index contributed by atoms with van der Waals surface area (Å²) in [6.45, 7) is -0.407. The highest BCUT2D eigenvalue weighted by molar-refractivity contribution is 5.92. The lowest BCUT2D eigenvalue weighted by atomic mass is 10.1. The van der Waals surface area contributed by atoms with Crippen molar-refractivity contribution < 1.29 is 19.4 Å². The summed E-state index contributed by atoms with van der Waals surface area (Å²) in [4.78, 5) is 26.4. The van der Waals surface area contributed by atoms with Gasteiger partial charge in [-0.1, -0.05) is 12.1 Å². The lowest BCUT2D eigenvalue weighted by Gasteiger charge is -2.07. The molecule has 0 aliphatic heterocycles. The topological polar surface area (TPSA) is 140 Å². The molecule has 6 N–H and O–H groups in total. The Bertz CT molecular complexity index is 766. The van der Waals surface area contributed by atoms with Crippen LogP contribution >= 0.6 is 0 Å². The molecular formula is C17H18N4O4. The molecule has 25 heavy (non-hydrogen) atoms. The Balaban J connectivity index is 1.89. The number of carbonyl (C=O) groups is 2. The molecule has 0 fully saturated rings. The highest BCUT2D eigenvalue weighted by Crippen LogP contribution is 2.17. The third kappa shape index (κ3) is 6.22. The van der Waals surface area contributed by atoms with Gasteiger partial charge < -0.3 is 26.6 Å². The van der Waals surface area contributed by atoms with Crippen LogP contribution in [0.1, 0.15) is 5.56 Å². The number of benzene rings is 2. The van der Waals surface area contributed by atoms with Gasteiger partial charge in [-0.15, -0.1) is 0 Å². The largest absolute Gasteiger partial charge is 0.482 e. The second-order valence-corrected chi connectivity index (χ2v) is 5.13. The van der Waals surface area contributed by atoms with Crippen LogP contribution in [-0.4, -0.2) is 29.5 Å². The Hall–Kier alpha value is -3.55. The molecule has 8 nitrogen and oxygen atoms in total. The second-order valence-electron chi connectivity index (χ2n) is 5.13. The maximum absolute atomic E-state index is 12.1. The van der Waals surface area contributed by atoms with Crippen molar-refractivity contribution in [2.45, 2.75) is 6.42 Å². The molecule has 0 aromatic heterocycles. The van der Waals surface area contributed by atoms with Crippen LogP contribution in [0, 0.1) is 0 Å². The van der Waals surface area contributed by atoms with Crippen molar-refractivity contribution in [2.24, 2.45) is 16.5 Å². The van der Waals surface area contributed by atoms with Gasteiger partial charge >= 0.3 is 5.97 Å². The minimum absolute atomic E-state index is 0.0347. The normalized spacial score (nSPS) is 9.92. The number of ether oxygens (including phenoxy) is 1. The number of hydrogen-bond donors (Lipinski definition) is 4. The van der Waals surface area contributed by atoms with E-state index in [1.165, 1.54) is 0 Å². The third-order valence-electron chi connectivity index (χ3n) is 3.06. The fraction of sp³-hybridized carbons (Fsp3) is 0.118. The highest BCUT2D eigenvalue weighted by atomic mass is 16.5. The van der Waals surface area contributed by atoms with Crippen LogP contribution in [0.4, 0.5) is 11.4 Å². The summed E-state index contributed by atoms with van der Waals surface area (Å²) in [7, 11) is 0. The molecule has 0 spiro atoms. The van der Waals surface area contributed by atoms with Crippen molar-refractivity contribution in [2.75, 3.05) is 11.9 Å². The van der Waals surface area contributed by atoms with Crippen LogP contribution in [0.15, 0.2) is 53.5 Å². The number of rotatable bonds is 7. The van der Waals surface area contributed by atoms with Crippen LogP contribution in [-0.2, 0) is 16.0 Å². The van der Waals surface area contributed by atoms with Crippen molar-refractivity contribution in [1.82, 2.24) is 0 Å². The fourth-order valence-electron chi connectivity index (χ4n) is 2.01. The van der Waals surface area contributed by atoms with E-state index in [4.69, 9.17) is 21.3 Å². The Labute approximate surface area is 144 Å². The van der Waals surface area contributed by atoms with Gasteiger partial charge in [-0.2, -0.15) is 0 Å². The number of nitrogens with zero attached hydrogens (tertiary/aromatic N) is 1. The van der Waals surface area contributed by atoms with Gasteiger partial charge in [-0.25, -0.2) is 9.79 Å². The SMILES string of the molecule is NC(N)=Nc1ccc(NC(=O)Cc2ccc(OCC(=O)O)cc2)cc1. The van der Waals surface area contributed by atoms with E-state index in [0.29, 0.717) is 17.1 Å². The molecule has 0 bridgehead atoms. The molecule has 0 aliphatic rings. The Morgan fingerprint density at radius 1 is 1.04 bits per heavy atom. The number of hydrogen-bond acceptors (Lipinski definition) is 4. The van der Waals surface area contributed by atoms with E-state index in [9.17, 15) is 9.59 Å². The number of anilines is 1. The first-order valence-corrected chi connectivity index (χ1v) is 7.35. The van der Waals surface area contributed by atoms with Gasteiger partial charge in [0, 0.05) is 5.69 Å². The van der Waals surface area contributed by atoms with Crippen molar-refractivity contribution in [3.05, 3.63) is 54.1 Å². The highest BCUT2D eigenvalue weighted by Gasteiger charge is 2.05. The van der Waals surface area contributed by atoms with Gasteiger partial charge in [0.2, 0.25) is 5.91 Å². The minimum Gasteiger partial charge on any atom is -0.482 e. The fourth-order valence-corrected chi connectivity index (χ4v) is 2.01. The quantitative estimate of drug-likeness (QED) is 0.441. The number of aliphatic carboxylic acids is 1. The molecule has 0 atom stereocenters. The summed E-state index contributed by atoms with van der Waals surface area (Å²) in [5.74, 6) is -0.836. The minimum atomic E-state index is -1.05. The van der Waals surface area contributed by atoms with Crippen LogP contribution in [0.2, 0.25) is 0 Å². The number of carbonyl (C=O) groups excluding carboxylic acids is 1. The van der Waals surface area contributed by atoms with Gasteiger partial charge in [-0.3, -0.25) is 4.79 Å². The molecule has 2 rings (SSSR count). The molecular weight excluding hydrogens is 324 g/mol. The summed E-state index contributed by atoms with van der Waals surface area (Å²) >= 11 is 0. The van der Waals surface area contributed by atoms with E-state index in [1.54, 1.807) is 48.5 Å². The number of carboxylic acid groups (broad SMARTS) is 1. The first-order valence-electron chi connectivity index (χ1n) is 7.35. The Morgan fingerprint density at radius 3 is 2.24 bits per heavy atom. The van der Waals surface area contributed by atoms with E-state index < -0.39 is 12.6 Å². The summed E-state index contributed by atoms with van der Waals surface area (Å²) in [5, 5.41) is 11.3. The summed E-state index contributed by atoms with van der Waals surface area (Å²) < 4.78 is 5.03. The molecule has 2 aromatic carbocycles. The first kappa shape index (κ1) is 17.8. The smallest absolute Gasteiger partial charge is 0.341 e. The number of carboxylic acids is 1. The van der Waals surface area contributed by atoms with Gasteiger partial charge in [0.05, 0.1) is 12.1 Å². The molecule has 1 amide bonds. The van der Waals surface area contributed by atoms with E-state index in [1.807, 2.05) is 0 Å². The van der Waals surface area contributed by atoms with Gasteiger partial charge in [0.1, 0.15) is 5.75 Å². The molecule has 2 aromatic rings. The van der Waals surface area contributed by atoms with E-state index in [2.05, 4.69) is 10.3 Å². The van der Waals surface area contributed by atoms with Crippen LogP contribution < -0.4 is 21.5 Å². The van der Waals surface area contributed by atoms with Gasteiger partial charge in [-0.05, 0) is 42.0 Å². The average Bonchev–Trinajstić information content (AvgIpc) is 2.55. The monoisotopic (exact) mass is 342 g/mol. The lowest BCUT2D eigenvalue weighted by molar-refractivity contribution is -0.139. The zero-order chi connectivity index (χ0) is 18.2. The number of nitrogens with one attached hydrogen (secondary N) is 1. The van der Waals surface area contributed by atoms with Crippen molar-refractivity contribution in [3.8, 4) is 5.75 Å².